The molecule has 0 fully saturated rings. The zero-order valence-electron chi connectivity index (χ0n) is 12.5. The van der Waals surface area contributed by atoms with E-state index in [0.717, 1.165) is 0 Å². The third-order valence-corrected chi connectivity index (χ3v) is 3.12. The standard InChI is InChI=1S/C16H16ClNO5/c1-11(16(20)18-9-14-3-2-8-21-14)23-15(19)10-22-13-6-4-12(17)5-7-13/h2-8,11H,9-10H2,1H3,(H,18,20)/t11-/m0/s1. The molecule has 2 aromatic rings. The van der Waals surface area contributed by atoms with Crippen LogP contribution in [0.25, 0.3) is 0 Å². The van der Waals surface area contributed by atoms with Crippen molar-refractivity contribution in [2.75, 3.05) is 6.61 Å². The fourth-order valence-corrected chi connectivity index (χ4v) is 1.81. The molecular formula is C16H16ClNO5. The van der Waals surface area contributed by atoms with E-state index < -0.39 is 18.0 Å². The van der Waals surface area contributed by atoms with Gasteiger partial charge in [-0.3, -0.25) is 4.79 Å². The Bertz CT molecular complexity index is 639. The summed E-state index contributed by atoms with van der Waals surface area (Å²) in [5.74, 6) is 0.0473. The molecule has 122 valence electrons. The topological polar surface area (TPSA) is 77.8 Å². The summed E-state index contributed by atoms with van der Waals surface area (Å²) in [7, 11) is 0. The predicted molar refractivity (Wildman–Crippen MR) is 83.1 cm³/mol. The number of hydrogen-bond donors (Lipinski definition) is 1. The van der Waals surface area contributed by atoms with E-state index in [-0.39, 0.29) is 13.2 Å². The van der Waals surface area contributed by atoms with E-state index >= 15 is 0 Å². The van der Waals surface area contributed by atoms with Gasteiger partial charge in [0.2, 0.25) is 0 Å². The highest BCUT2D eigenvalue weighted by Crippen LogP contribution is 2.15. The molecular weight excluding hydrogens is 322 g/mol. The van der Waals surface area contributed by atoms with Gasteiger partial charge >= 0.3 is 5.97 Å². The Morgan fingerprint density at radius 2 is 2.00 bits per heavy atom. The van der Waals surface area contributed by atoms with E-state index in [2.05, 4.69) is 5.32 Å². The number of esters is 1. The molecule has 1 aromatic carbocycles. The van der Waals surface area contributed by atoms with Crippen LogP contribution in [0, 0.1) is 0 Å². The number of ether oxygens (including phenoxy) is 2. The van der Waals surface area contributed by atoms with Crippen molar-refractivity contribution in [3.05, 3.63) is 53.4 Å². The summed E-state index contributed by atoms with van der Waals surface area (Å²) in [5, 5.41) is 3.18. The van der Waals surface area contributed by atoms with Crippen molar-refractivity contribution in [2.24, 2.45) is 0 Å². The summed E-state index contributed by atoms with van der Waals surface area (Å²) in [5.41, 5.74) is 0. The fourth-order valence-electron chi connectivity index (χ4n) is 1.69. The van der Waals surface area contributed by atoms with Gasteiger partial charge in [0, 0.05) is 5.02 Å². The molecule has 0 aliphatic rings. The fraction of sp³-hybridized carbons (Fsp3) is 0.250. The highest BCUT2D eigenvalue weighted by molar-refractivity contribution is 6.30. The van der Waals surface area contributed by atoms with Crippen LogP contribution in [0.15, 0.2) is 47.1 Å². The molecule has 23 heavy (non-hydrogen) atoms. The van der Waals surface area contributed by atoms with Gasteiger partial charge in [-0.15, -0.1) is 0 Å². The van der Waals surface area contributed by atoms with E-state index in [9.17, 15) is 9.59 Å². The molecule has 1 aromatic heterocycles. The van der Waals surface area contributed by atoms with Gasteiger partial charge in [0.15, 0.2) is 12.7 Å². The Balaban J connectivity index is 1.71. The van der Waals surface area contributed by atoms with Crippen LogP contribution in [0.3, 0.4) is 0 Å². The van der Waals surface area contributed by atoms with Gasteiger partial charge in [0.05, 0.1) is 12.8 Å². The zero-order valence-corrected chi connectivity index (χ0v) is 13.2. The van der Waals surface area contributed by atoms with Gasteiger partial charge in [-0.05, 0) is 43.3 Å². The first-order valence-electron chi connectivity index (χ1n) is 6.92. The van der Waals surface area contributed by atoms with E-state index in [1.54, 1.807) is 36.4 Å². The van der Waals surface area contributed by atoms with Crippen molar-refractivity contribution < 1.29 is 23.5 Å². The lowest BCUT2D eigenvalue weighted by atomic mass is 10.3. The van der Waals surface area contributed by atoms with Gasteiger partial charge < -0.3 is 19.2 Å². The maximum absolute atomic E-state index is 11.8. The van der Waals surface area contributed by atoms with Gasteiger partial charge in [0.25, 0.3) is 5.91 Å². The van der Waals surface area contributed by atoms with E-state index in [1.807, 2.05) is 0 Å². The Morgan fingerprint density at radius 1 is 1.26 bits per heavy atom. The average Bonchev–Trinajstić information content (AvgIpc) is 3.05. The third kappa shape index (κ3) is 5.67. The number of carbonyl (C=O) groups excluding carboxylic acids is 2. The van der Waals surface area contributed by atoms with Gasteiger partial charge in [0.1, 0.15) is 11.5 Å². The van der Waals surface area contributed by atoms with Crippen LogP contribution in [-0.2, 0) is 20.9 Å². The van der Waals surface area contributed by atoms with Gasteiger partial charge in [-0.1, -0.05) is 11.6 Å². The van der Waals surface area contributed by atoms with Crippen LogP contribution in [0.5, 0.6) is 5.75 Å². The van der Waals surface area contributed by atoms with E-state index in [4.69, 9.17) is 25.5 Å². The number of furan rings is 1. The Hall–Kier alpha value is -2.47. The highest BCUT2D eigenvalue weighted by atomic mass is 35.5. The van der Waals surface area contributed by atoms with Crippen molar-refractivity contribution >= 4 is 23.5 Å². The molecule has 0 radical (unpaired) electrons. The number of carbonyl (C=O) groups is 2. The van der Waals surface area contributed by atoms with Crippen LogP contribution >= 0.6 is 11.6 Å². The first-order valence-corrected chi connectivity index (χ1v) is 7.30. The second kappa shape index (κ2) is 8.24. The number of nitrogens with one attached hydrogen (secondary N) is 1. The molecule has 0 aliphatic heterocycles. The Labute approximate surface area is 138 Å². The summed E-state index contributed by atoms with van der Waals surface area (Å²) in [6.07, 6.45) is 0.588. The quantitative estimate of drug-likeness (QED) is 0.786. The smallest absolute Gasteiger partial charge is 0.344 e. The van der Waals surface area contributed by atoms with Crippen molar-refractivity contribution in [3.63, 3.8) is 0 Å². The molecule has 1 atom stereocenters. The lowest BCUT2D eigenvalue weighted by Gasteiger charge is -2.13. The molecule has 6 nitrogen and oxygen atoms in total. The summed E-state index contributed by atoms with van der Waals surface area (Å²) in [4.78, 5) is 23.5. The van der Waals surface area contributed by atoms with Crippen LogP contribution < -0.4 is 10.1 Å². The molecule has 7 heteroatoms. The molecule has 0 spiro atoms. The molecule has 1 amide bonds. The third-order valence-electron chi connectivity index (χ3n) is 2.86. The van der Waals surface area contributed by atoms with Crippen LogP contribution in [0.1, 0.15) is 12.7 Å². The first-order chi connectivity index (χ1) is 11.0. The first kappa shape index (κ1) is 16.9. The monoisotopic (exact) mass is 337 g/mol. The zero-order chi connectivity index (χ0) is 16.7. The largest absolute Gasteiger partial charge is 0.482 e. The lowest BCUT2D eigenvalue weighted by Crippen LogP contribution is -2.36. The second-order valence-electron chi connectivity index (χ2n) is 4.67. The SMILES string of the molecule is C[C@H](OC(=O)COc1ccc(Cl)cc1)C(=O)NCc1ccco1. The summed E-state index contributed by atoms with van der Waals surface area (Å²) in [6, 6.07) is 10.0. The molecule has 0 bridgehead atoms. The highest BCUT2D eigenvalue weighted by Gasteiger charge is 2.18. The van der Waals surface area contributed by atoms with Crippen LogP contribution in [0.4, 0.5) is 0 Å². The molecule has 0 aliphatic carbocycles. The van der Waals surface area contributed by atoms with Crippen LogP contribution in [0.2, 0.25) is 5.02 Å². The van der Waals surface area contributed by atoms with Gasteiger partial charge in [-0.25, -0.2) is 4.79 Å². The molecule has 0 unspecified atom stereocenters. The summed E-state index contributed by atoms with van der Waals surface area (Å²) in [6.45, 7) is 1.42. The number of rotatable bonds is 7. The maximum Gasteiger partial charge on any atom is 0.344 e. The number of amides is 1. The Kier molecular flexibility index (Phi) is 6.05. The second-order valence-corrected chi connectivity index (χ2v) is 5.11. The number of benzene rings is 1. The van der Waals surface area contributed by atoms with Crippen molar-refractivity contribution in [2.45, 2.75) is 19.6 Å². The van der Waals surface area contributed by atoms with Crippen LogP contribution in [-0.4, -0.2) is 24.6 Å². The van der Waals surface area contributed by atoms with Crippen molar-refractivity contribution in [1.29, 1.82) is 0 Å². The minimum absolute atomic E-state index is 0.231. The van der Waals surface area contributed by atoms with E-state index in [1.165, 1.54) is 13.2 Å². The summed E-state index contributed by atoms with van der Waals surface area (Å²) < 4.78 is 15.3. The predicted octanol–water partition coefficient (Wildman–Crippen LogP) is 2.56. The Morgan fingerprint density at radius 3 is 2.65 bits per heavy atom. The maximum atomic E-state index is 11.8. The minimum atomic E-state index is -0.925. The normalized spacial score (nSPS) is 11.6. The van der Waals surface area contributed by atoms with Crippen molar-refractivity contribution in [1.82, 2.24) is 5.32 Å². The lowest BCUT2D eigenvalue weighted by molar-refractivity contribution is -0.156. The molecule has 1 N–H and O–H groups in total. The molecule has 0 saturated carbocycles. The molecule has 0 saturated heterocycles. The van der Waals surface area contributed by atoms with Gasteiger partial charge in [-0.2, -0.15) is 0 Å². The number of halogens is 1. The number of hydrogen-bond acceptors (Lipinski definition) is 5. The van der Waals surface area contributed by atoms with E-state index in [0.29, 0.717) is 16.5 Å². The van der Waals surface area contributed by atoms with Crippen molar-refractivity contribution in [3.8, 4) is 5.75 Å². The molecule has 1 heterocycles. The minimum Gasteiger partial charge on any atom is -0.482 e. The average molecular weight is 338 g/mol. The summed E-state index contributed by atoms with van der Waals surface area (Å²) >= 11 is 5.75. The molecule has 2 rings (SSSR count).